The highest BCUT2D eigenvalue weighted by Gasteiger charge is 2.18. The number of aromatic amines is 1. The van der Waals surface area contributed by atoms with E-state index in [1.165, 1.54) is 0 Å². The van der Waals surface area contributed by atoms with E-state index >= 15 is 0 Å². The number of carbonyl (C=O) groups excluding carboxylic acids is 1. The van der Waals surface area contributed by atoms with E-state index < -0.39 is 5.97 Å². The molecule has 0 aliphatic carbocycles. The van der Waals surface area contributed by atoms with Crippen molar-refractivity contribution in [3.63, 3.8) is 0 Å². The van der Waals surface area contributed by atoms with Crippen LogP contribution in [0.2, 0.25) is 0 Å². The van der Waals surface area contributed by atoms with E-state index in [1.54, 1.807) is 43.3 Å². The van der Waals surface area contributed by atoms with Crippen LogP contribution in [0.25, 0.3) is 11.3 Å². The highest BCUT2D eigenvalue weighted by molar-refractivity contribution is 5.93. The zero-order valence-corrected chi connectivity index (χ0v) is 14.1. The van der Waals surface area contributed by atoms with Crippen LogP contribution in [0.4, 0.5) is 0 Å². The number of hydrogen-bond donors (Lipinski definition) is 1. The number of carbonyl (C=O) groups is 1. The van der Waals surface area contributed by atoms with Crippen molar-refractivity contribution < 1.29 is 14.3 Å². The van der Waals surface area contributed by atoms with Gasteiger partial charge < -0.3 is 9.47 Å². The van der Waals surface area contributed by atoms with Crippen molar-refractivity contribution in [1.29, 1.82) is 5.26 Å². The van der Waals surface area contributed by atoms with Gasteiger partial charge in [0.25, 0.3) is 0 Å². The quantitative estimate of drug-likeness (QED) is 0.687. The number of ether oxygens (including phenoxy) is 2. The lowest BCUT2D eigenvalue weighted by Gasteiger charge is -2.07. The maximum Gasteiger partial charge on any atom is 0.361 e. The number of nitriles is 1. The van der Waals surface area contributed by atoms with E-state index in [4.69, 9.17) is 14.7 Å². The van der Waals surface area contributed by atoms with Gasteiger partial charge in [-0.05, 0) is 48.9 Å². The number of hydrogen-bond acceptors (Lipinski definition) is 6. The molecular formula is C19H16N4O3. The summed E-state index contributed by atoms with van der Waals surface area (Å²) in [6.07, 6.45) is 0. The first-order chi connectivity index (χ1) is 12.7. The minimum atomic E-state index is -0.519. The molecule has 0 atom stereocenters. The van der Waals surface area contributed by atoms with Gasteiger partial charge in [-0.15, -0.1) is 5.10 Å². The summed E-state index contributed by atoms with van der Waals surface area (Å²) < 4.78 is 10.7. The molecule has 1 N–H and O–H groups in total. The summed E-state index contributed by atoms with van der Waals surface area (Å²) in [4.78, 5) is 11.9. The van der Waals surface area contributed by atoms with Gasteiger partial charge >= 0.3 is 5.97 Å². The maximum absolute atomic E-state index is 11.9. The van der Waals surface area contributed by atoms with Crippen LogP contribution in [0.5, 0.6) is 5.75 Å². The number of H-pyrrole nitrogens is 1. The van der Waals surface area contributed by atoms with Gasteiger partial charge in [-0.2, -0.15) is 15.6 Å². The van der Waals surface area contributed by atoms with Crippen molar-refractivity contribution in [3.8, 4) is 23.1 Å². The lowest BCUT2D eigenvalue weighted by molar-refractivity contribution is 0.0520. The number of nitrogens with one attached hydrogen (secondary N) is 1. The van der Waals surface area contributed by atoms with Gasteiger partial charge in [0.1, 0.15) is 18.1 Å². The first-order valence-electron chi connectivity index (χ1n) is 8.01. The SMILES string of the molecule is CCOC(=O)c1n[nH]nc1-c1ccc(OCc2cccc(C#N)c2)cc1. The highest BCUT2D eigenvalue weighted by atomic mass is 16.5. The predicted octanol–water partition coefficient (Wildman–Crippen LogP) is 3.10. The van der Waals surface area contributed by atoms with Gasteiger partial charge in [0.15, 0.2) is 5.69 Å². The van der Waals surface area contributed by atoms with Crippen molar-refractivity contribution in [2.75, 3.05) is 6.61 Å². The lowest BCUT2D eigenvalue weighted by Crippen LogP contribution is -2.06. The highest BCUT2D eigenvalue weighted by Crippen LogP contribution is 2.23. The molecule has 2 aromatic carbocycles. The average molecular weight is 348 g/mol. The molecule has 7 heteroatoms. The Morgan fingerprint density at radius 1 is 1.19 bits per heavy atom. The van der Waals surface area contributed by atoms with Crippen LogP contribution in [0, 0.1) is 11.3 Å². The Kier molecular flexibility index (Phi) is 5.25. The molecule has 1 aromatic heterocycles. The number of nitrogens with zero attached hydrogens (tertiary/aromatic N) is 3. The zero-order chi connectivity index (χ0) is 18.4. The van der Waals surface area contributed by atoms with Crippen molar-refractivity contribution in [2.45, 2.75) is 13.5 Å². The smallest absolute Gasteiger partial charge is 0.361 e. The van der Waals surface area contributed by atoms with Gasteiger partial charge in [-0.1, -0.05) is 12.1 Å². The fourth-order valence-electron chi connectivity index (χ4n) is 2.38. The summed E-state index contributed by atoms with van der Waals surface area (Å²) in [5.74, 6) is 0.145. The van der Waals surface area contributed by atoms with E-state index in [0.717, 1.165) is 11.1 Å². The third-order valence-corrected chi connectivity index (χ3v) is 3.61. The molecule has 0 saturated heterocycles. The van der Waals surface area contributed by atoms with Crippen LogP contribution in [-0.2, 0) is 11.3 Å². The second kappa shape index (κ2) is 7.94. The van der Waals surface area contributed by atoms with E-state index in [9.17, 15) is 4.79 Å². The Bertz CT molecular complexity index is 942. The molecule has 0 fully saturated rings. The molecule has 130 valence electrons. The van der Waals surface area contributed by atoms with E-state index in [2.05, 4.69) is 21.5 Å². The van der Waals surface area contributed by atoms with Crippen molar-refractivity contribution in [1.82, 2.24) is 15.4 Å². The third-order valence-electron chi connectivity index (χ3n) is 3.61. The molecule has 0 spiro atoms. The minimum absolute atomic E-state index is 0.147. The van der Waals surface area contributed by atoms with Crippen LogP contribution in [0.3, 0.4) is 0 Å². The van der Waals surface area contributed by atoms with E-state index in [-0.39, 0.29) is 12.3 Å². The Morgan fingerprint density at radius 3 is 2.73 bits per heavy atom. The first-order valence-corrected chi connectivity index (χ1v) is 8.01. The van der Waals surface area contributed by atoms with Gasteiger partial charge in [0.05, 0.1) is 18.2 Å². The van der Waals surface area contributed by atoms with Crippen molar-refractivity contribution in [3.05, 3.63) is 65.4 Å². The second-order valence-corrected chi connectivity index (χ2v) is 5.37. The molecule has 7 nitrogen and oxygen atoms in total. The number of aromatic nitrogens is 3. The molecule has 3 rings (SSSR count). The van der Waals surface area contributed by atoms with E-state index in [1.807, 2.05) is 12.1 Å². The summed E-state index contributed by atoms with van der Waals surface area (Å²) in [6, 6.07) is 16.5. The third kappa shape index (κ3) is 3.87. The van der Waals surface area contributed by atoms with Gasteiger partial charge in [0.2, 0.25) is 0 Å². The van der Waals surface area contributed by atoms with Crippen LogP contribution in [-0.4, -0.2) is 28.0 Å². The summed E-state index contributed by atoms with van der Waals surface area (Å²) in [5.41, 5.74) is 2.80. The summed E-state index contributed by atoms with van der Waals surface area (Å²) in [7, 11) is 0. The lowest BCUT2D eigenvalue weighted by atomic mass is 10.1. The summed E-state index contributed by atoms with van der Waals surface area (Å²) in [6.45, 7) is 2.36. The summed E-state index contributed by atoms with van der Waals surface area (Å²) >= 11 is 0. The van der Waals surface area contributed by atoms with Crippen LogP contribution < -0.4 is 4.74 Å². The van der Waals surface area contributed by atoms with Crippen molar-refractivity contribution >= 4 is 5.97 Å². The number of benzene rings is 2. The standard InChI is InChI=1S/C19H16N4O3/c1-2-25-19(24)18-17(21-23-22-18)15-6-8-16(9-7-15)26-12-14-5-3-4-13(10-14)11-20/h3-10H,2,12H2,1H3,(H,21,22,23). The monoisotopic (exact) mass is 348 g/mol. The molecule has 0 saturated carbocycles. The fourth-order valence-corrected chi connectivity index (χ4v) is 2.38. The van der Waals surface area contributed by atoms with Crippen LogP contribution in [0.15, 0.2) is 48.5 Å². The molecule has 0 aliphatic heterocycles. The fraction of sp³-hybridized carbons (Fsp3) is 0.158. The minimum Gasteiger partial charge on any atom is -0.489 e. The second-order valence-electron chi connectivity index (χ2n) is 5.37. The molecule has 0 bridgehead atoms. The molecule has 0 amide bonds. The summed E-state index contributed by atoms with van der Waals surface area (Å²) in [5, 5.41) is 19.3. The van der Waals surface area contributed by atoms with Gasteiger partial charge in [-0.25, -0.2) is 4.79 Å². The molecule has 3 aromatic rings. The van der Waals surface area contributed by atoms with Crippen LogP contribution >= 0.6 is 0 Å². The Morgan fingerprint density at radius 2 is 2.00 bits per heavy atom. The van der Waals surface area contributed by atoms with E-state index in [0.29, 0.717) is 23.6 Å². The Hall–Kier alpha value is -3.66. The molecule has 0 radical (unpaired) electrons. The van der Waals surface area contributed by atoms with Gasteiger partial charge in [0, 0.05) is 5.56 Å². The first kappa shape index (κ1) is 17.2. The molecule has 26 heavy (non-hydrogen) atoms. The van der Waals surface area contributed by atoms with Crippen molar-refractivity contribution in [2.24, 2.45) is 0 Å². The zero-order valence-electron chi connectivity index (χ0n) is 14.1. The number of rotatable bonds is 6. The molecule has 0 unspecified atom stereocenters. The van der Waals surface area contributed by atoms with Gasteiger partial charge in [-0.3, -0.25) is 0 Å². The number of esters is 1. The normalized spacial score (nSPS) is 10.2. The Labute approximate surface area is 150 Å². The predicted molar refractivity (Wildman–Crippen MR) is 93.3 cm³/mol. The topological polar surface area (TPSA) is 101 Å². The largest absolute Gasteiger partial charge is 0.489 e. The maximum atomic E-state index is 11.9. The van der Waals surface area contributed by atoms with Crippen LogP contribution in [0.1, 0.15) is 28.5 Å². The molecule has 1 heterocycles. The Balaban J connectivity index is 1.70. The average Bonchev–Trinajstić information content (AvgIpc) is 3.17. The molecule has 0 aliphatic rings. The molecular weight excluding hydrogens is 332 g/mol.